The molecule has 0 saturated heterocycles. The molecule has 0 spiro atoms. The fourth-order valence-electron chi connectivity index (χ4n) is 2.54. The van der Waals surface area contributed by atoms with Gasteiger partial charge in [0.2, 0.25) is 0 Å². The molecule has 3 nitrogen and oxygen atoms in total. The Labute approximate surface area is 122 Å². The average Bonchev–Trinajstić information content (AvgIpc) is 2.91. The summed E-state index contributed by atoms with van der Waals surface area (Å²) >= 11 is 0. The molecule has 0 radical (unpaired) electrons. The van der Waals surface area contributed by atoms with Gasteiger partial charge in [-0.3, -0.25) is 0 Å². The maximum Gasteiger partial charge on any atom is 0.146 e. The van der Waals surface area contributed by atoms with Crippen molar-refractivity contribution in [1.82, 2.24) is 0 Å². The fourth-order valence-corrected chi connectivity index (χ4v) is 2.54. The van der Waals surface area contributed by atoms with Crippen LogP contribution in [0, 0.1) is 5.82 Å². The van der Waals surface area contributed by atoms with Crippen LogP contribution in [0.4, 0.5) is 10.1 Å². The first kappa shape index (κ1) is 13.6. The summed E-state index contributed by atoms with van der Waals surface area (Å²) in [4.78, 5) is 1.81. The SMILES string of the molecule is CN(c1ccccc1F)C(CN)c1cc2ccccc2o1. The monoisotopic (exact) mass is 284 g/mol. The smallest absolute Gasteiger partial charge is 0.146 e. The van der Waals surface area contributed by atoms with E-state index in [1.54, 1.807) is 18.2 Å². The van der Waals surface area contributed by atoms with Crippen LogP contribution in [0.1, 0.15) is 11.8 Å². The first-order valence-corrected chi connectivity index (χ1v) is 6.86. The number of nitrogens with two attached hydrogens (primary N) is 1. The van der Waals surface area contributed by atoms with Crippen LogP contribution in [-0.4, -0.2) is 13.6 Å². The van der Waals surface area contributed by atoms with Crippen LogP contribution in [0.15, 0.2) is 59.0 Å². The lowest BCUT2D eigenvalue weighted by atomic mass is 10.1. The third kappa shape index (κ3) is 2.50. The Morgan fingerprint density at radius 2 is 1.86 bits per heavy atom. The summed E-state index contributed by atoms with van der Waals surface area (Å²) in [5.74, 6) is 0.471. The van der Waals surface area contributed by atoms with Gasteiger partial charge in [0, 0.05) is 19.0 Å². The third-order valence-corrected chi connectivity index (χ3v) is 3.70. The van der Waals surface area contributed by atoms with Crippen molar-refractivity contribution in [2.24, 2.45) is 5.73 Å². The number of fused-ring (bicyclic) bond motifs is 1. The van der Waals surface area contributed by atoms with E-state index in [0.29, 0.717) is 12.2 Å². The molecule has 21 heavy (non-hydrogen) atoms. The summed E-state index contributed by atoms with van der Waals surface area (Å²) in [5.41, 5.74) is 7.21. The highest BCUT2D eigenvalue weighted by molar-refractivity contribution is 5.78. The Kier molecular flexibility index (Phi) is 3.62. The van der Waals surface area contributed by atoms with Crippen molar-refractivity contribution in [3.63, 3.8) is 0 Å². The number of hydrogen-bond acceptors (Lipinski definition) is 3. The van der Waals surface area contributed by atoms with E-state index < -0.39 is 0 Å². The largest absolute Gasteiger partial charge is 0.459 e. The summed E-state index contributed by atoms with van der Waals surface area (Å²) in [7, 11) is 1.82. The van der Waals surface area contributed by atoms with E-state index in [9.17, 15) is 4.39 Å². The van der Waals surface area contributed by atoms with Gasteiger partial charge in [-0.05, 0) is 24.3 Å². The molecule has 3 aromatic rings. The van der Waals surface area contributed by atoms with E-state index >= 15 is 0 Å². The Morgan fingerprint density at radius 1 is 1.14 bits per heavy atom. The van der Waals surface area contributed by atoms with Crippen molar-refractivity contribution in [2.75, 3.05) is 18.5 Å². The van der Waals surface area contributed by atoms with Crippen LogP contribution in [0.2, 0.25) is 0 Å². The second-order valence-electron chi connectivity index (χ2n) is 5.00. The van der Waals surface area contributed by atoms with Gasteiger partial charge in [0.1, 0.15) is 17.2 Å². The highest BCUT2D eigenvalue weighted by atomic mass is 19.1. The lowest BCUT2D eigenvalue weighted by Crippen LogP contribution is -2.30. The van der Waals surface area contributed by atoms with Gasteiger partial charge in [0.25, 0.3) is 0 Å². The molecule has 1 heterocycles. The van der Waals surface area contributed by atoms with Gasteiger partial charge >= 0.3 is 0 Å². The van der Waals surface area contributed by atoms with E-state index in [4.69, 9.17) is 10.2 Å². The molecule has 0 aliphatic rings. The zero-order chi connectivity index (χ0) is 14.8. The van der Waals surface area contributed by atoms with E-state index in [-0.39, 0.29) is 11.9 Å². The quantitative estimate of drug-likeness (QED) is 0.794. The highest BCUT2D eigenvalue weighted by Crippen LogP contribution is 2.30. The predicted molar refractivity (Wildman–Crippen MR) is 82.8 cm³/mol. The molecule has 0 fully saturated rings. The van der Waals surface area contributed by atoms with Crippen LogP contribution in [-0.2, 0) is 0 Å². The summed E-state index contributed by atoms with van der Waals surface area (Å²) < 4.78 is 19.8. The molecule has 0 saturated carbocycles. The number of halogens is 1. The van der Waals surface area contributed by atoms with Gasteiger partial charge < -0.3 is 15.1 Å². The zero-order valence-electron chi connectivity index (χ0n) is 11.8. The van der Waals surface area contributed by atoms with Gasteiger partial charge in [-0.1, -0.05) is 30.3 Å². The van der Waals surface area contributed by atoms with Crippen LogP contribution >= 0.6 is 0 Å². The first-order valence-electron chi connectivity index (χ1n) is 6.86. The van der Waals surface area contributed by atoms with E-state index in [1.807, 2.05) is 42.3 Å². The topological polar surface area (TPSA) is 42.4 Å². The lowest BCUT2D eigenvalue weighted by molar-refractivity contribution is 0.484. The number of hydrogen-bond donors (Lipinski definition) is 1. The van der Waals surface area contributed by atoms with Gasteiger partial charge in [-0.15, -0.1) is 0 Å². The van der Waals surface area contributed by atoms with Crippen molar-refractivity contribution in [1.29, 1.82) is 0 Å². The van der Waals surface area contributed by atoms with E-state index in [1.165, 1.54) is 6.07 Å². The molecule has 4 heteroatoms. The predicted octanol–water partition coefficient (Wildman–Crippen LogP) is 3.71. The second-order valence-corrected chi connectivity index (χ2v) is 5.00. The number of furan rings is 1. The molecular formula is C17H17FN2O. The Hall–Kier alpha value is -2.33. The zero-order valence-corrected chi connectivity index (χ0v) is 11.8. The number of rotatable bonds is 4. The molecule has 1 unspecified atom stereocenters. The van der Waals surface area contributed by atoms with Crippen molar-refractivity contribution in [3.8, 4) is 0 Å². The molecule has 108 valence electrons. The minimum atomic E-state index is -0.269. The lowest BCUT2D eigenvalue weighted by Gasteiger charge is -2.27. The molecule has 2 N–H and O–H groups in total. The minimum absolute atomic E-state index is 0.214. The number of para-hydroxylation sites is 2. The van der Waals surface area contributed by atoms with Gasteiger partial charge in [-0.25, -0.2) is 4.39 Å². The van der Waals surface area contributed by atoms with Crippen LogP contribution in [0.3, 0.4) is 0 Å². The van der Waals surface area contributed by atoms with Crippen LogP contribution < -0.4 is 10.6 Å². The van der Waals surface area contributed by atoms with Crippen molar-refractivity contribution >= 4 is 16.7 Å². The standard InChI is InChI=1S/C17H17FN2O/c1-20(14-8-4-3-7-13(14)18)15(11-19)17-10-12-6-2-5-9-16(12)21-17/h2-10,15H,11,19H2,1H3. The van der Waals surface area contributed by atoms with Gasteiger partial charge in [-0.2, -0.15) is 0 Å². The Balaban J connectivity index is 1.99. The maximum absolute atomic E-state index is 13.9. The van der Waals surface area contributed by atoms with E-state index in [2.05, 4.69) is 0 Å². The molecule has 1 aromatic heterocycles. The van der Waals surface area contributed by atoms with Crippen LogP contribution in [0.25, 0.3) is 11.0 Å². The molecule has 0 amide bonds. The number of benzene rings is 2. The van der Waals surface area contributed by atoms with Crippen molar-refractivity contribution in [3.05, 3.63) is 66.2 Å². The first-order chi connectivity index (χ1) is 10.2. The number of likely N-dealkylation sites (N-methyl/N-ethyl adjacent to an activating group) is 1. The van der Waals surface area contributed by atoms with E-state index in [0.717, 1.165) is 16.7 Å². The highest BCUT2D eigenvalue weighted by Gasteiger charge is 2.21. The maximum atomic E-state index is 13.9. The molecule has 0 bridgehead atoms. The minimum Gasteiger partial charge on any atom is -0.459 e. The number of nitrogens with zero attached hydrogens (tertiary/aromatic N) is 1. The molecule has 0 aliphatic heterocycles. The molecule has 1 atom stereocenters. The summed E-state index contributed by atoms with van der Waals surface area (Å²) in [5, 5.41) is 1.02. The van der Waals surface area contributed by atoms with Crippen LogP contribution in [0.5, 0.6) is 0 Å². The normalized spacial score (nSPS) is 12.5. The molecular weight excluding hydrogens is 267 g/mol. The Morgan fingerprint density at radius 3 is 2.57 bits per heavy atom. The summed E-state index contributed by atoms with van der Waals surface area (Å²) in [6, 6.07) is 16.2. The fraction of sp³-hybridized carbons (Fsp3) is 0.176. The number of anilines is 1. The van der Waals surface area contributed by atoms with Gasteiger partial charge in [0.05, 0.1) is 11.7 Å². The molecule has 2 aromatic carbocycles. The summed E-state index contributed by atoms with van der Waals surface area (Å²) in [6.45, 7) is 0.338. The van der Waals surface area contributed by atoms with Gasteiger partial charge in [0.15, 0.2) is 0 Å². The van der Waals surface area contributed by atoms with Crippen molar-refractivity contribution in [2.45, 2.75) is 6.04 Å². The summed E-state index contributed by atoms with van der Waals surface area (Å²) in [6.07, 6.45) is 0. The third-order valence-electron chi connectivity index (χ3n) is 3.70. The Bertz CT molecular complexity index is 720. The molecule has 0 aliphatic carbocycles. The molecule has 3 rings (SSSR count). The average molecular weight is 284 g/mol. The second kappa shape index (κ2) is 5.58. The van der Waals surface area contributed by atoms with Crippen molar-refractivity contribution < 1.29 is 8.81 Å².